The number of hydrazone groups is 1. The number of rotatable bonds is 4. The number of amides is 1. The van der Waals surface area contributed by atoms with E-state index in [0.717, 1.165) is 12.1 Å². The third-order valence-electron chi connectivity index (χ3n) is 1.85. The Hall–Kier alpha value is -1.10. The lowest BCUT2D eigenvalue weighted by atomic mass is 10.1. The number of halogens is 1. The summed E-state index contributed by atoms with van der Waals surface area (Å²) >= 11 is 3.13. The Bertz CT molecular complexity index is 396. The molecule has 0 unspecified atom stereocenters. The number of nitrogens with one attached hydrogen (secondary N) is 1. The first kappa shape index (κ1) is 13.0. The molecular weight excluding hydrogens is 272 g/mol. The minimum atomic E-state index is -0.339. The summed E-state index contributed by atoms with van der Waals surface area (Å²) in [7, 11) is 0. The second kappa shape index (κ2) is 5.84. The summed E-state index contributed by atoms with van der Waals surface area (Å²) in [6.07, 6.45) is 0.863. The van der Waals surface area contributed by atoms with E-state index in [1.807, 2.05) is 6.92 Å². The number of hydrogen-bond donors (Lipinski definition) is 1. The van der Waals surface area contributed by atoms with Crippen molar-refractivity contribution in [2.24, 2.45) is 11.0 Å². The van der Waals surface area contributed by atoms with Crippen LogP contribution in [0, 0.1) is 5.92 Å². The van der Waals surface area contributed by atoms with E-state index in [4.69, 9.17) is 4.42 Å². The fraction of sp³-hybridized carbons (Fsp3) is 0.455. The maximum Gasteiger partial charge on any atom is 0.307 e. The van der Waals surface area contributed by atoms with Crippen molar-refractivity contribution in [3.05, 3.63) is 22.6 Å². The molecule has 0 aliphatic rings. The molecule has 88 valence electrons. The van der Waals surface area contributed by atoms with Crippen LogP contribution in [0.1, 0.15) is 37.7 Å². The largest absolute Gasteiger partial charge is 0.444 e. The molecule has 0 saturated carbocycles. The summed E-state index contributed by atoms with van der Waals surface area (Å²) in [6, 6.07) is 3.26. The second-order valence-electron chi connectivity index (χ2n) is 3.99. The average Bonchev–Trinajstić information content (AvgIpc) is 2.60. The first-order valence-electron chi connectivity index (χ1n) is 5.08. The quantitative estimate of drug-likeness (QED) is 0.683. The first-order valence-corrected chi connectivity index (χ1v) is 5.87. The summed E-state index contributed by atoms with van der Waals surface area (Å²) in [5, 5.41) is 3.99. The molecule has 0 aromatic carbocycles. The summed E-state index contributed by atoms with van der Waals surface area (Å²) in [4.78, 5) is 11.5. The monoisotopic (exact) mass is 286 g/mol. The van der Waals surface area contributed by atoms with Gasteiger partial charge in [0.25, 0.3) is 0 Å². The third-order valence-corrected chi connectivity index (χ3v) is 2.28. The highest BCUT2D eigenvalue weighted by atomic mass is 79.9. The molecule has 5 heteroatoms. The molecular formula is C11H15BrN2O2. The smallest absolute Gasteiger partial charge is 0.307 e. The van der Waals surface area contributed by atoms with E-state index in [9.17, 15) is 4.79 Å². The van der Waals surface area contributed by atoms with Crippen LogP contribution in [-0.4, -0.2) is 11.6 Å². The van der Waals surface area contributed by atoms with Crippen LogP contribution in [0.4, 0.5) is 0 Å². The predicted octanol–water partition coefficient (Wildman–Crippen LogP) is 3.19. The molecule has 0 aliphatic carbocycles. The number of furan rings is 1. The van der Waals surface area contributed by atoms with E-state index in [0.29, 0.717) is 10.6 Å². The van der Waals surface area contributed by atoms with Crippen molar-refractivity contribution in [2.45, 2.75) is 27.2 Å². The minimum absolute atomic E-state index is 0.243. The lowest BCUT2D eigenvalue weighted by Crippen LogP contribution is -2.18. The number of nitrogens with zero attached hydrogens (tertiary/aromatic N) is 1. The average molecular weight is 287 g/mol. The molecule has 0 bridgehead atoms. The van der Waals surface area contributed by atoms with Crippen LogP contribution in [0.25, 0.3) is 0 Å². The summed E-state index contributed by atoms with van der Waals surface area (Å²) < 4.78 is 5.62. The van der Waals surface area contributed by atoms with Gasteiger partial charge in [-0.15, -0.1) is 0 Å². The number of carbonyl (C=O) groups excluding carboxylic acids is 1. The van der Waals surface area contributed by atoms with Crippen LogP contribution in [0.2, 0.25) is 0 Å². The molecule has 1 amide bonds. The van der Waals surface area contributed by atoms with Gasteiger partial charge in [0, 0.05) is 5.71 Å². The zero-order valence-electron chi connectivity index (χ0n) is 9.58. The van der Waals surface area contributed by atoms with Gasteiger partial charge in [-0.1, -0.05) is 13.8 Å². The standard InChI is InChI=1S/C11H15BrN2O2/c1-7(2)6-8(3)13-14-11(15)9-4-5-10(12)16-9/h4-5,7H,6H2,1-3H3,(H,14,15)/b13-8+. The third kappa shape index (κ3) is 4.18. The lowest BCUT2D eigenvalue weighted by Gasteiger charge is -2.03. The molecule has 16 heavy (non-hydrogen) atoms. The van der Waals surface area contributed by atoms with E-state index in [2.05, 4.69) is 40.3 Å². The molecule has 1 rings (SSSR count). The predicted molar refractivity (Wildman–Crippen MR) is 66.4 cm³/mol. The molecule has 1 aromatic rings. The molecule has 0 saturated heterocycles. The van der Waals surface area contributed by atoms with E-state index in [-0.39, 0.29) is 11.7 Å². The van der Waals surface area contributed by atoms with Gasteiger partial charge in [-0.25, -0.2) is 5.43 Å². The van der Waals surface area contributed by atoms with Crippen molar-refractivity contribution in [1.29, 1.82) is 0 Å². The van der Waals surface area contributed by atoms with Gasteiger partial charge >= 0.3 is 5.91 Å². The fourth-order valence-corrected chi connectivity index (χ4v) is 1.58. The molecule has 0 atom stereocenters. The SMILES string of the molecule is C/C(CC(C)C)=N\NC(=O)c1ccc(Br)o1. The van der Waals surface area contributed by atoms with Gasteiger partial charge in [-0.2, -0.15) is 5.10 Å². The van der Waals surface area contributed by atoms with Crippen molar-refractivity contribution < 1.29 is 9.21 Å². The van der Waals surface area contributed by atoms with E-state index in [1.165, 1.54) is 0 Å². The zero-order chi connectivity index (χ0) is 12.1. The Morgan fingerprint density at radius 2 is 2.25 bits per heavy atom. The fourth-order valence-electron chi connectivity index (χ4n) is 1.27. The van der Waals surface area contributed by atoms with Gasteiger partial charge in [0.05, 0.1) is 0 Å². The minimum Gasteiger partial charge on any atom is -0.444 e. The Balaban J connectivity index is 2.52. The van der Waals surface area contributed by atoms with E-state index >= 15 is 0 Å². The maximum absolute atomic E-state index is 11.5. The van der Waals surface area contributed by atoms with E-state index in [1.54, 1.807) is 12.1 Å². The first-order chi connectivity index (χ1) is 7.49. The Labute approximate surface area is 103 Å². The number of hydrogen-bond acceptors (Lipinski definition) is 3. The molecule has 1 N–H and O–H groups in total. The molecule has 1 heterocycles. The van der Waals surface area contributed by atoms with Gasteiger partial charge < -0.3 is 4.42 Å². The molecule has 0 aliphatic heterocycles. The van der Waals surface area contributed by atoms with Crippen molar-refractivity contribution in [3.8, 4) is 0 Å². The van der Waals surface area contributed by atoms with Gasteiger partial charge in [0.2, 0.25) is 0 Å². The maximum atomic E-state index is 11.5. The van der Waals surface area contributed by atoms with Crippen LogP contribution in [-0.2, 0) is 0 Å². The van der Waals surface area contributed by atoms with Gasteiger partial charge in [0.15, 0.2) is 10.4 Å². The summed E-state index contributed by atoms with van der Waals surface area (Å²) in [5.74, 6) is 0.431. The molecule has 0 fully saturated rings. The Morgan fingerprint density at radius 3 is 2.75 bits per heavy atom. The molecule has 0 spiro atoms. The van der Waals surface area contributed by atoms with Crippen molar-refractivity contribution in [3.63, 3.8) is 0 Å². The van der Waals surface area contributed by atoms with Crippen molar-refractivity contribution in [2.75, 3.05) is 0 Å². The topological polar surface area (TPSA) is 54.6 Å². The van der Waals surface area contributed by atoms with Gasteiger partial charge in [0.1, 0.15) is 0 Å². The van der Waals surface area contributed by atoms with Gasteiger partial charge in [-0.3, -0.25) is 4.79 Å². The highest BCUT2D eigenvalue weighted by molar-refractivity contribution is 9.10. The van der Waals surface area contributed by atoms with Crippen LogP contribution >= 0.6 is 15.9 Å². The molecule has 1 aromatic heterocycles. The molecule has 4 nitrogen and oxygen atoms in total. The van der Waals surface area contributed by atoms with Crippen molar-refractivity contribution >= 4 is 27.5 Å². The Kier molecular flexibility index (Phi) is 4.73. The summed E-state index contributed by atoms with van der Waals surface area (Å²) in [5.41, 5.74) is 3.35. The highest BCUT2D eigenvalue weighted by Crippen LogP contribution is 2.13. The normalized spacial score (nSPS) is 11.9. The van der Waals surface area contributed by atoms with E-state index < -0.39 is 0 Å². The zero-order valence-corrected chi connectivity index (χ0v) is 11.2. The van der Waals surface area contributed by atoms with Crippen LogP contribution < -0.4 is 5.43 Å². The van der Waals surface area contributed by atoms with Crippen molar-refractivity contribution in [1.82, 2.24) is 5.43 Å². The molecule has 0 radical (unpaired) electrons. The second-order valence-corrected chi connectivity index (χ2v) is 4.77. The van der Waals surface area contributed by atoms with Crippen LogP contribution in [0.5, 0.6) is 0 Å². The lowest BCUT2D eigenvalue weighted by molar-refractivity contribution is 0.0925. The highest BCUT2D eigenvalue weighted by Gasteiger charge is 2.09. The summed E-state index contributed by atoms with van der Waals surface area (Å²) in [6.45, 7) is 6.09. The number of carbonyl (C=O) groups is 1. The van der Waals surface area contributed by atoms with Gasteiger partial charge in [-0.05, 0) is 47.3 Å². The van der Waals surface area contributed by atoms with Crippen LogP contribution in [0.3, 0.4) is 0 Å². The van der Waals surface area contributed by atoms with Crippen LogP contribution in [0.15, 0.2) is 26.3 Å². The Morgan fingerprint density at radius 1 is 1.56 bits per heavy atom.